The number of phenols is 1. The van der Waals surface area contributed by atoms with Crippen molar-refractivity contribution in [2.75, 3.05) is 0 Å². The van der Waals surface area contributed by atoms with Gasteiger partial charge in [0.25, 0.3) is 0 Å². The molecule has 5 nitrogen and oxygen atoms in total. The molecule has 184 valence electrons. The Kier molecular flexibility index (Phi) is 5.54. The molecular weight excluding hydrogens is 476 g/mol. The van der Waals surface area contributed by atoms with Crippen LogP contribution < -0.4 is 4.74 Å². The van der Waals surface area contributed by atoms with Gasteiger partial charge in [0.05, 0.1) is 16.5 Å². The molecule has 0 amide bonds. The van der Waals surface area contributed by atoms with Crippen LogP contribution in [0.15, 0.2) is 121 Å². The van der Waals surface area contributed by atoms with Gasteiger partial charge in [-0.15, -0.1) is 0 Å². The fraction of sp³-hybridized carbons (Fsp3) is 0.0303. The second-order valence-electron chi connectivity index (χ2n) is 9.19. The molecule has 0 unspecified atom stereocenters. The van der Waals surface area contributed by atoms with E-state index in [0.29, 0.717) is 5.75 Å². The van der Waals surface area contributed by atoms with Crippen molar-refractivity contribution < 1.29 is 24.5 Å². The zero-order chi connectivity index (χ0) is 26.3. The van der Waals surface area contributed by atoms with Gasteiger partial charge >= 0.3 is 11.9 Å². The quantitative estimate of drug-likeness (QED) is 0.205. The molecule has 6 rings (SSSR count). The van der Waals surface area contributed by atoms with E-state index in [2.05, 4.69) is 24.3 Å². The summed E-state index contributed by atoms with van der Waals surface area (Å²) in [5, 5.41) is 19.2. The van der Waals surface area contributed by atoms with Gasteiger partial charge in [0.1, 0.15) is 11.5 Å². The lowest BCUT2D eigenvalue weighted by molar-refractivity contribution is 0.0697. The molecule has 5 aromatic rings. The van der Waals surface area contributed by atoms with Crippen LogP contribution in [0.4, 0.5) is 0 Å². The van der Waals surface area contributed by atoms with Crippen LogP contribution in [0.5, 0.6) is 11.5 Å². The second kappa shape index (κ2) is 9.05. The fourth-order valence-corrected chi connectivity index (χ4v) is 5.45. The van der Waals surface area contributed by atoms with E-state index < -0.39 is 17.4 Å². The summed E-state index contributed by atoms with van der Waals surface area (Å²) in [5.74, 6) is -1.20. The van der Waals surface area contributed by atoms with Gasteiger partial charge in [0.2, 0.25) is 0 Å². The summed E-state index contributed by atoms with van der Waals surface area (Å²) in [6, 6.07) is 37.1. The van der Waals surface area contributed by atoms with Crippen molar-refractivity contribution in [1.29, 1.82) is 0 Å². The number of carboxylic acids is 1. The third-order valence-electron chi connectivity index (χ3n) is 7.10. The van der Waals surface area contributed by atoms with E-state index in [1.807, 2.05) is 48.5 Å². The number of carboxylic acid groups (broad SMARTS) is 1. The Morgan fingerprint density at radius 2 is 1.13 bits per heavy atom. The van der Waals surface area contributed by atoms with Gasteiger partial charge in [0.15, 0.2) is 0 Å². The first-order chi connectivity index (χ1) is 18.5. The van der Waals surface area contributed by atoms with E-state index in [0.717, 1.165) is 33.4 Å². The number of hydrogen-bond donors (Lipinski definition) is 2. The van der Waals surface area contributed by atoms with E-state index in [4.69, 9.17) is 4.74 Å². The lowest BCUT2D eigenvalue weighted by atomic mass is 9.68. The second-order valence-corrected chi connectivity index (χ2v) is 9.19. The van der Waals surface area contributed by atoms with Crippen molar-refractivity contribution in [3.05, 3.63) is 155 Å². The average Bonchev–Trinajstić information content (AvgIpc) is 3.25. The number of aromatic carboxylic acids is 1. The Bertz CT molecular complexity index is 1640. The van der Waals surface area contributed by atoms with Crippen molar-refractivity contribution in [3.8, 4) is 22.6 Å². The molecule has 38 heavy (non-hydrogen) atoms. The van der Waals surface area contributed by atoms with Crippen molar-refractivity contribution in [2.24, 2.45) is 0 Å². The summed E-state index contributed by atoms with van der Waals surface area (Å²) in [6.07, 6.45) is 0. The number of esters is 1. The number of hydrogen-bond acceptors (Lipinski definition) is 4. The third kappa shape index (κ3) is 3.64. The van der Waals surface area contributed by atoms with Crippen LogP contribution in [0, 0.1) is 0 Å². The van der Waals surface area contributed by atoms with Crippen molar-refractivity contribution >= 4 is 11.9 Å². The molecule has 2 N–H and O–H groups in total. The monoisotopic (exact) mass is 498 g/mol. The van der Waals surface area contributed by atoms with Crippen molar-refractivity contribution in [3.63, 3.8) is 0 Å². The summed E-state index contributed by atoms with van der Waals surface area (Å²) < 4.78 is 5.58. The summed E-state index contributed by atoms with van der Waals surface area (Å²) in [6.45, 7) is 0. The van der Waals surface area contributed by atoms with Crippen LogP contribution in [0.2, 0.25) is 0 Å². The first-order valence-corrected chi connectivity index (χ1v) is 12.1. The molecule has 5 aromatic carbocycles. The van der Waals surface area contributed by atoms with Crippen LogP contribution in [0.3, 0.4) is 0 Å². The van der Waals surface area contributed by atoms with E-state index in [1.165, 1.54) is 24.3 Å². The summed E-state index contributed by atoms with van der Waals surface area (Å²) in [7, 11) is 0. The highest BCUT2D eigenvalue weighted by Gasteiger charge is 2.45. The molecule has 0 aliphatic heterocycles. The van der Waals surface area contributed by atoms with Crippen molar-refractivity contribution in [1.82, 2.24) is 0 Å². The molecule has 0 fully saturated rings. The van der Waals surface area contributed by atoms with Gasteiger partial charge in [0, 0.05) is 0 Å². The zero-order valence-electron chi connectivity index (χ0n) is 20.2. The lowest BCUT2D eigenvalue weighted by Gasteiger charge is -2.34. The Morgan fingerprint density at radius 1 is 0.605 bits per heavy atom. The highest BCUT2D eigenvalue weighted by molar-refractivity contribution is 5.95. The summed E-state index contributed by atoms with van der Waals surface area (Å²) >= 11 is 0. The van der Waals surface area contributed by atoms with Crippen LogP contribution in [0.25, 0.3) is 11.1 Å². The van der Waals surface area contributed by atoms with Gasteiger partial charge in [-0.3, -0.25) is 0 Å². The van der Waals surface area contributed by atoms with Crippen LogP contribution in [-0.4, -0.2) is 22.2 Å². The number of rotatable bonds is 5. The summed E-state index contributed by atoms with van der Waals surface area (Å²) in [5.41, 5.74) is 6.06. The first kappa shape index (κ1) is 23.3. The molecule has 0 aromatic heterocycles. The molecule has 0 atom stereocenters. The SMILES string of the molecule is O=C(O)c1cccc(C(=O)Oc2ccc(C3(c4ccc(O)cc4)c4ccccc4-c4ccccc43)cc2)c1. The molecule has 0 heterocycles. The Hall–Kier alpha value is -5.16. The largest absolute Gasteiger partial charge is 0.508 e. The molecule has 1 aliphatic rings. The van der Waals surface area contributed by atoms with Crippen LogP contribution in [0.1, 0.15) is 43.0 Å². The first-order valence-electron chi connectivity index (χ1n) is 12.1. The van der Waals surface area contributed by atoms with E-state index >= 15 is 0 Å². The van der Waals surface area contributed by atoms with E-state index in [1.54, 1.807) is 24.3 Å². The minimum atomic E-state index is -1.11. The number of ether oxygens (including phenoxy) is 1. The van der Waals surface area contributed by atoms with E-state index in [9.17, 15) is 19.8 Å². The topological polar surface area (TPSA) is 83.8 Å². The Balaban J connectivity index is 1.45. The van der Waals surface area contributed by atoms with Crippen LogP contribution >= 0.6 is 0 Å². The highest BCUT2D eigenvalue weighted by Crippen LogP contribution is 2.56. The van der Waals surface area contributed by atoms with Gasteiger partial charge in [-0.1, -0.05) is 78.9 Å². The van der Waals surface area contributed by atoms with E-state index in [-0.39, 0.29) is 16.9 Å². The van der Waals surface area contributed by atoms with Gasteiger partial charge in [-0.25, -0.2) is 9.59 Å². The number of aromatic hydroxyl groups is 1. The van der Waals surface area contributed by atoms with Gasteiger partial charge in [-0.05, 0) is 75.8 Å². The number of fused-ring (bicyclic) bond motifs is 3. The molecule has 1 aliphatic carbocycles. The van der Waals surface area contributed by atoms with Gasteiger partial charge < -0.3 is 14.9 Å². The number of phenolic OH excluding ortho intramolecular Hbond substituents is 1. The molecule has 0 bridgehead atoms. The predicted molar refractivity (Wildman–Crippen MR) is 144 cm³/mol. The minimum Gasteiger partial charge on any atom is -0.508 e. The predicted octanol–water partition coefficient (Wildman–Crippen LogP) is 6.67. The van der Waals surface area contributed by atoms with Crippen LogP contribution in [-0.2, 0) is 5.41 Å². The fourth-order valence-electron chi connectivity index (χ4n) is 5.45. The summed E-state index contributed by atoms with van der Waals surface area (Å²) in [4.78, 5) is 24.0. The smallest absolute Gasteiger partial charge is 0.343 e. The minimum absolute atomic E-state index is 0.0178. The molecule has 0 saturated heterocycles. The molecule has 5 heteroatoms. The zero-order valence-corrected chi connectivity index (χ0v) is 20.2. The maximum atomic E-state index is 12.7. The third-order valence-corrected chi connectivity index (χ3v) is 7.10. The molecular formula is C33H22O5. The number of carbonyl (C=O) groups excluding carboxylic acids is 1. The lowest BCUT2D eigenvalue weighted by Crippen LogP contribution is -2.28. The van der Waals surface area contributed by atoms with Crippen molar-refractivity contribution in [2.45, 2.75) is 5.41 Å². The average molecular weight is 499 g/mol. The molecule has 0 spiro atoms. The Labute approximate surface area is 219 Å². The molecule has 0 radical (unpaired) electrons. The number of carbonyl (C=O) groups is 2. The molecule has 0 saturated carbocycles. The standard InChI is InChI=1S/C33H22O5/c34-25-16-12-23(13-17-25)33(29-10-3-1-8-27(29)28-9-2-4-11-30(28)33)24-14-18-26(19-15-24)38-32(37)22-7-5-6-21(20-22)31(35)36/h1-20,34H,(H,35,36). The maximum Gasteiger partial charge on any atom is 0.343 e. The number of benzene rings is 5. The Morgan fingerprint density at radius 3 is 1.71 bits per heavy atom. The van der Waals surface area contributed by atoms with Gasteiger partial charge in [-0.2, -0.15) is 0 Å². The normalized spacial score (nSPS) is 12.8. The maximum absolute atomic E-state index is 12.7. The highest BCUT2D eigenvalue weighted by atomic mass is 16.5.